The summed E-state index contributed by atoms with van der Waals surface area (Å²) in [5.41, 5.74) is 3.53. The van der Waals surface area contributed by atoms with Crippen LogP contribution >= 0.6 is 0 Å². The van der Waals surface area contributed by atoms with Gasteiger partial charge < -0.3 is 9.42 Å². The van der Waals surface area contributed by atoms with Gasteiger partial charge in [0.2, 0.25) is 5.91 Å². The maximum atomic E-state index is 12.3. The molecule has 1 aromatic heterocycles. The Hall–Kier alpha value is -2.10. The van der Waals surface area contributed by atoms with Gasteiger partial charge in [-0.3, -0.25) is 4.79 Å². The van der Waals surface area contributed by atoms with Crippen LogP contribution in [0.3, 0.4) is 0 Å². The number of nitrogens with zero attached hydrogens (tertiary/aromatic N) is 2. The number of rotatable bonds is 2. The summed E-state index contributed by atoms with van der Waals surface area (Å²) in [5, 5.41) is 3.82. The lowest BCUT2D eigenvalue weighted by molar-refractivity contribution is -0.130. The van der Waals surface area contributed by atoms with Crippen LogP contribution in [-0.2, 0) is 24.1 Å². The van der Waals surface area contributed by atoms with Crippen molar-refractivity contribution in [2.75, 3.05) is 13.1 Å². The number of hydrogen-bond donors (Lipinski definition) is 0. The summed E-state index contributed by atoms with van der Waals surface area (Å²) < 4.78 is 5.12. The van der Waals surface area contributed by atoms with Crippen molar-refractivity contribution in [2.24, 2.45) is 0 Å². The van der Waals surface area contributed by atoms with Gasteiger partial charge in [0.25, 0.3) is 0 Å². The van der Waals surface area contributed by atoms with E-state index in [1.165, 1.54) is 11.1 Å². The first-order valence-electron chi connectivity index (χ1n) is 6.99. The largest absolute Gasteiger partial charge is 0.361 e. The first-order chi connectivity index (χ1) is 9.72. The van der Waals surface area contributed by atoms with Gasteiger partial charge in [0.05, 0.1) is 12.1 Å². The van der Waals surface area contributed by atoms with E-state index in [-0.39, 0.29) is 5.91 Å². The number of carbonyl (C=O) groups is 1. The van der Waals surface area contributed by atoms with Gasteiger partial charge in [-0.05, 0) is 30.9 Å². The molecule has 0 spiro atoms. The van der Waals surface area contributed by atoms with E-state index in [0.29, 0.717) is 12.2 Å². The summed E-state index contributed by atoms with van der Waals surface area (Å²) in [4.78, 5) is 14.2. The molecule has 1 amide bonds. The molecule has 0 aliphatic carbocycles. The summed E-state index contributed by atoms with van der Waals surface area (Å²) in [6.07, 6.45) is 2.16. The Kier molecular flexibility index (Phi) is 3.54. The molecule has 0 N–H and O–H groups in total. The zero-order chi connectivity index (χ0) is 13.9. The first-order valence-corrected chi connectivity index (χ1v) is 6.99. The highest BCUT2D eigenvalue weighted by Crippen LogP contribution is 2.16. The smallest absolute Gasteiger partial charge is 0.230 e. The fourth-order valence-corrected chi connectivity index (χ4v) is 2.68. The van der Waals surface area contributed by atoms with E-state index in [0.717, 1.165) is 31.6 Å². The minimum atomic E-state index is 0.119. The van der Waals surface area contributed by atoms with Crippen LogP contribution in [0.2, 0.25) is 0 Å². The SMILES string of the molecule is Cc1cc(CC(=O)N2CCc3ccccc3CC2)on1. The number of amides is 1. The number of fused-ring (bicyclic) bond motifs is 1. The number of aromatic nitrogens is 1. The Bertz CT molecular complexity index is 591. The Balaban J connectivity index is 1.66. The van der Waals surface area contributed by atoms with E-state index in [2.05, 4.69) is 29.4 Å². The van der Waals surface area contributed by atoms with Gasteiger partial charge in [0.15, 0.2) is 0 Å². The van der Waals surface area contributed by atoms with E-state index in [4.69, 9.17) is 4.52 Å². The lowest BCUT2D eigenvalue weighted by Gasteiger charge is -2.19. The van der Waals surface area contributed by atoms with Crippen molar-refractivity contribution in [2.45, 2.75) is 26.2 Å². The van der Waals surface area contributed by atoms with Crippen molar-refractivity contribution < 1.29 is 9.32 Å². The number of carbonyl (C=O) groups excluding carboxylic acids is 1. The molecule has 4 heteroatoms. The topological polar surface area (TPSA) is 46.3 Å². The van der Waals surface area contributed by atoms with Crippen LogP contribution in [0, 0.1) is 6.92 Å². The second kappa shape index (κ2) is 5.49. The van der Waals surface area contributed by atoms with E-state index in [1.807, 2.05) is 17.9 Å². The summed E-state index contributed by atoms with van der Waals surface area (Å²) in [7, 11) is 0. The third-order valence-electron chi connectivity index (χ3n) is 3.78. The predicted molar refractivity (Wildman–Crippen MR) is 75.4 cm³/mol. The molecule has 0 bridgehead atoms. The van der Waals surface area contributed by atoms with Gasteiger partial charge in [-0.1, -0.05) is 29.4 Å². The van der Waals surface area contributed by atoms with Gasteiger partial charge in [-0.2, -0.15) is 0 Å². The van der Waals surface area contributed by atoms with E-state index >= 15 is 0 Å². The minimum Gasteiger partial charge on any atom is -0.361 e. The highest BCUT2D eigenvalue weighted by atomic mass is 16.5. The van der Waals surface area contributed by atoms with Crippen LogP contribution in [0.1, 0.15) is 22.6 Å². The average molecular weight is 270 g/mol. The van der Waals surface area contributed by atoms with Crippen molar-refractivity contribution in [3.8, 4) is 0 Å². The molecular formula is C16H18N2O2. The van der Waals surface area contributed by atoms with Crippen molar-refractivity contribution in [3.05, 3.63) is 52.9 Å². The Labute approximate surface area is 118 Å². The lowest BCUT2D eigenvalue weighted by atomic mass is 10.0. The quantitative estimate of drug-likeness (QED) is 0.840. The minimum absolute atomic E-state index is 0.119. The van der Waals surface area contributed by atoms with Crippen LogP contribution in [0.5, 0.6) is 0 Å². The normalized spacial score (nSPS) is 14.8. The molecule has 0 atom stereocenters. The molecule has 104 valence electrons. The number of aryl methyl sites for hydroxylation is 1. The third-order valence-corrected chi connectivity index (χ3v) is 3.78. The van der Waals surface area contributed by atoms with Crippen LogP contribution in [-0.4, -0.2) is 29.1 Å². The van der Waals surface area contributed by atoms with E-state index < -0.39 is 0 Å². The molecule has 0 saturated carbocycles. The molecule has 1 aromatic carbocycles. The monoisotopic (exact) mass is 270 g/mol. The first kappa shape index (κ1) is 12.9. The van der Waals surface area contributed by atoms with Crippen molar-refractivity contribution in [1.29, 1.82) is 0 Å². The maximum absolute atomic E-state index is 12.3. The molecule has 2 heterocycles. The summed E-state index contributed by atoms with van der Waals surface area (Å²) in [6, 6.07) is 10.3. The van der Waals surface area contributed by atoms with Crippen LogP contribution in [0.15, 0.2) is 34.9 Å². The Morgan fingerprint density at radius 1 is 1.25 bits per heavy atom. The molecule has 0 saturated heterocycles. The number of benzene rings is 1. The van der Waals surface area contributed by atoms with Gasteiger partial charge in [0.1, 0.15) is 5.76 Å². The van der Waals surface area contributed by atoms with Crippen molar-refractivity contribution in [1.82, 2.24) is 10.1 Å². The number of hydrogen-bond acceptors (Lipinski definition) is 3. The molecule has 0 radical (unpaired) electrons. The van der Waals surface area contributed by atoms with Gasteiger partial charge in [0, 0.05) is 19.2 Å². The Morgan fingerprint density at radius 2 is 1.90 bits per heavy atom. The fraction of sp³-hybridized carbons (Fsp3) is 0.375. The molecule has 1 aliphatic heterocycles. The molecule has 0 unspecified atom stereocenters. The molecule has 1 aliphatic rings. The second-order valence-electron chi connectivity index (χ2n) is 5.26. The van der Waals surface area contributed by atoms with Gasteiger partial charge >= 0.3 is 0 Å². The lowest BCUT2D eigenvalue weighted by Crippen LogP contribution is -2.34. The predicted octanol–water partition coefficient (Wildman–Crippen LogP) is 2.15. The zero-order valence-electron chi connectivity index (χ0n) is 11.6. The molecule has 3 rings (SSSR count). The van der Waals surface area contributed by atoms with Gasteiger partial charge in [-0.25, -0.2) is 0 Å². The molecule has 4 nitrogen and oxygen atoms in total. The molecule has 20 heavy (non-hydrogen) atoms. The summed E-state index contributed by atoms with van der Waals surface area (Å²) >= 11 is 0. The van der Waals surface area contributed by atoms with E-state index in [9.17, 15) is 4.79 Å². The molecular weight excluding hydrogens is 252 g/mol. The van der Waals surface area contributed by atoms with Crippen LogP contribution in [0.25, 0.3) is 0 Å². The Morgan fingerprint density at radius 3 is 2.45 bits per heavy atom. The molecule has 2 aromatic rings. The second-order valence-corrected chi connectivity index (χ2v) is 5.26. The molecule has 0 fully saturated rings. The van der Waals surface area contributed by atoms with E-state index in [1.54, 1.807) is 0 Å². The highest BCUT2D eigenvalue weighted by Gasteiger charge is 2.19. The highest BCUT2D eigenvalue weighted by molar-refractivity contribution is 5.78. The standard InChI is InChI=1S/C16H18N2O2/c1-12-10-15(20-17-12)11-16(19)18-8-6-13-4-2-3-5-14(13)7-9-18/h2-5,10H,6-9,11H2,1H3. The van der Waals surface area contributed by atoms with Crippen molar-refractivity contribution in [3.63, 3.8) is 0 Å². The van der Waals surface area contributed by atoms with Crippen molar-refractivity contribution >= 4 is 5.91 Å². The fourth-order valence-electron chi connectivity index (χ4n) is 2.68. The summed E-state index contributed by atoms with van der Waals surface area (Å²) in [5.74, 6) is 0.767. The third kappa shape index (κ3) is 2.74. The zero-order valence-corrected chi connectivity index (χ0v) is 11.6. The summed E-state index contributed by atoms with van der Waals surface area (Å²) in [6.45, 7) is 3.42. The van der Waals surface area contributed by atoms with Gasteiger partial charge in [-0.15, -0.1) is 0 Å². The van der Waals surface area contributed by atoms with Crippen LogP contribution in [0.4, 0.5) is 0 Å². The average Bonchev–Trinajstić information content (AvgIpc) is 2.74. The van der Waals surface area contributed by atoms with Crippen LogP contribution < -0.4 is 0 Å². The maximum Gasteiger partial charge on any atom is 0.230 e.